The first-order valence-corrected chi connectivity index (χ1v) is 6.78. The standard InChI is InChI=1S/C15H24N2O/c1-15(2,3)18-16-13-9-11-17(12-10-13)14-7-5-4-6-8-14/h4-8,13,16H,9-12H2,1-3H3. The Balaban J connectivity index is 1.78. The molecule has 0 aliphatic carbocycles. The van der Waals surface area contributed by atoms with Crippen LogP contribution >= 0.6 is 0 Å². The quantitative estimate of drug-likeness (QED) is 0.832. The number of hydrogen-bond donors (Lipinski definition) is 1. The molecular weight excluding hydrogens is 224 g/mol. The predicted octanol–water partition coefficient (Wildman–Crippen LogP) is 2.98. The molecule has 0 unspecified atom stereocenters. The van der Waals surface area contributed by atoms with E-state index >= 15 is 0 Å². The van der Waals surface area contributed by atoms with Gasteiger partial charge in [0.15, 0.2) is 0 Å². The Morgan fingerprint density at radius 2 is 1.72 bits per heavy atom. The molecule has 18 heavy (non-hydrogen) atoms. The van der Waals surface area contributed by atoms with E-state index in [1.165, 1.54) is 5.69 Å². The molecule has 1 N–H and O–H groups in total. The molecule has 0 bridgehead atoms. The first-order chi connectivity index (χ1) is 8.54. The van der Waals surface area contributed by atoms with Crippen LogP contribution in [0.4, 0.5) is 5.69 Å². The van der Waals surface area contributed by atoms with Crippen LogP contribution in [0.5, 0.6) is 0 Å². The van der Waals surface area contributed by atoms with E-state index in [9.17, 15) is 0 Å². The molecule has 0 amide bonds. The second-order valence-electron chi connectivity index (χ2n) is 5.93. The van der Waals surface area contributed by atoms with Gasteiger partial charge in [-0.15, -0.1) is 0 Å². The molecule has 0 saturated carbocycles. The Bertz CT molecular complexity index is 351. The van der Waals surface area contributed by atoms with Gasteiger partial charge in [0.05, 0.1) is 5.60 Å². The van der Waals surface area contributed by atoms with Crippen molar-refractivity contribution in [3.8, 4) is 0 Å². The maximum atomic E-state index is 5.64. The van der Waals surface area contributed by atoms with Crippen LogP contribution in [0.15, 0.2) is 30.3 Å². The molecule has 0 radical (unpaired) electrons. The van der Waals surface area contributed by atoms with Gasteiger partial charge < -0.3 is 4.90 Å². The number of hydrogen-bond acceptors (Lipinski definition) is 3. The van der Waals surface area contributed by atoms with Gasteiger partial charge in [-0.1, -0.05) is 18.2 Å². The summed E-state index contributed by atoms with van der Waals surface area (Å²) in [4.78, 5) is 8.08. The van der Waals surface area contributed by atoms with Crippen LogP contribution in [-0.4, -0.2) is 24.7 Å². The van der Waals surface area contributed by atoms with Crippen LogP contribution in [0, 0.1) is 0 Å². The smallest absolute Gasteiger partial charge is 0.0813 e. The predicted molar refractivity (Wildman–Crippen MR) is 75.7 cm³/mol. The van der Waals surface area contributed by atoms with Crippen LogP contribution < -0.4 is 10.4 Å². The van der Waals surface area contributed by atoms with E-state index in [0.29, 0.717) is 6.04 Å². The van der Waals surface area contributed by atoms with Crippen molar-refractivity contribution in [3.05, 3.63) is 30.3 Å². The van der Waals surface area contributed by atoms with E-state index in [0.717, 1.165) is 25.9 Å². The van der Waals surface area contributed by atoms with Gasteiger partial charge in [-0.05, 0) is 45.7 Å². The van der Waals surface area contributed by atoms with Gasteiger partial charge in [-0.2, -0.15) is 5.48 Å². The van der Waals surface area contributed by atoms with Crippen molar-refractivity contribution in [2.24, 2.45) is 0 Å². The van der Waals surface area contributed by atoms with E-state index in [1.54, 1.807) is 0 Å². The van der Waals surface area contributed by atoms with Gasteiger partial charge >= 0.3 is 0 Å². The van der Waals surface area contributed by atoms with Gasteiger partial charge in [0, 0.05) is 24.8 Å². The Morgan fingerprint density at radius 1 is 1.11 bits per heavy atom. The lowest BCUT2D eigenvalue weighted by molar-refractivity contribution is -0.0910. The van der Waals surface area contributed by atoms with E-state index in [-0.39, 0.29) is 5.60 Å². The SMILES string of the molecule is CC(C)(C)ONC1CCN(c2ccccc2)CC1. The number of benzene rings is 1. The highest BCUT2D eigenvalue weighted by Crippen LogP contribution is 2.19. The van der Waals surface area contributed by atoms with E-state index in [2.05, 4.69) is 61.5 Å². The number of para-hydroxylation sites is 1. The highest BCUT2D eigenvalue weighted by Gasteiger charge is 2.21. The zero-order valence-corrected chi connectivity index (χ0v) is 11.6. The second-order valence-corrected chi connectivity index (χ2v) is 5.93. The molecule has 2 rings (SSSR count). The van der Waals surface area contributed by atoms with Gasteiger partial charge in [0.1, 0.15) is 0 Å². The van der Waals surface area contributed by atoms with Crippen molar-refractivity contribution in [1.82, 2.24) is 5.48 Å². The Hall–Kier alpha value is -1.06. The van der Waals surface area contributed by atoms with E-state index in [1.807, 2.05) is 0 Å². The minimum atomic E-state index is -0.115. The molecule has 100 valence electrons. The molecule has 1 aromatic carbocycles. The van der Waals surface area contributed by atoms with E-state index < -0.39 is 0 Å². The molecule has 0 spiro atoms. The van der Waals surface area contributed by atoms with Crippen molar-refractivity contribution in [3.63, 3.8) is 0 Å². The summed E-state index contributed by atoms with van der Waals surface area (Å²) in [6.45, 7) is 8.39. The summed E-state index contributed by atoms with van der Waals surface area (Å²) in [5, 5.41) is 0. The van der Waals surface area contributed by atoms with Gasteiger partial charge in [-0.3, -0.25) is 4.84 Å². The van der Waals surface area contributed by atoms with Crippen LogP contribution in [0.2, 0.25) is 0 Å². The number of anilines is 1. The molecule has 3 nitrogen and oxygen atoms in total. The summed E-state index contributed by atoms with van der Waals surface area (Å²) in [5.41, 5.74) is 4.42. The fraction of sp³-hybridized carbons (Fsp3) is 0.600. The summed E-state index contributed by atoms with van der Waals surface area (Å²) < 4.78 is 0. The maximum absolute atomic E-state index is 5.64. The lowest BCUT2D eigenvalue weighted by atomic mass is 10.1. The first-order valence-electron chi connectivity index (χ1n) is 6.78. The molecule has 1 fully saturated rings. The number of rotatable bonds is 3. The fourth-order valence-electron chi connectivity index (χ4n) is 2.15. The van der Waals surface area contributed by atoms with Crippen molar-refractivity contribution < 1.29 is 4.84 Å². The second kappa shape index (κ2) is 5.72. The summed E-state index contributed by atoms with van der Waals surface area (Å²) in [5.74, 6) is 0. The molecule has 1 saturated heterocycles. The zero-order chi connectivity index (χ0) is 13.0. The lowest BCUT2D eigenvalue weighted by Gasteiger charge is -2.35. The highest BCUT2D eigenvalue weighted by atomic mass is 16.7. The minimum absolute atomic E-state index is 0.115. The largest absolute Gasteiger partial charge is 0.371 e. The van der Waals surface area contributed by atoms with Gasteiger partial charge in [-0.25, -0.2) is 0 Å². The average Bonchev–Trinajstić information content (AvgIpc) is 2.37. The van der Waals surface area contributed by atoms with Gasteiger partial charge in [0.25, 0.3) is 0 Å². The zero-order valence-electron chi connectivity index (χ0n) is 11.6. The third kappa shape index (κ3) is 4.00. The minimum Gasteiger partial charge on any atom is -0.371 e. The molecule has 1 aliphatic rings. The number of nitrogens with one attached hydrogen (secondary N) is 1. The molecule has 1 aromatic rings. The monoisotopic (exact) mass is 248 g/mol. The van der Waals surface area contributed by atoms with Crippen LogP contribution in [0.1, 0.15) is 33.6 Å². The fourth-order valence-corrected chi connectivity index (χ4v) is 2.15. The molecule has 0 atom stereocenters. The van der Waals surface area contributed by atoms with Crippen molar-refractivity contribution >= 4 is 5.69 Å². The average molecular weight is 248 g/mol. The molecular formula is C15H24N2O. The highest BCUT2D eigenvalue weighted by molar-refractivity contribution is 5.46. The van der Waals surface area contributed by atoms with Crippen molar-refractivity contribution in [1.29, 1.82) is 0 Å². The molecule has 1 heterocycles. The normalized spacial score (nSPS) is 18.1. The summed E-state index contributed by atoms with van der Waals surface area (Å²) in [6, 6.07) is 11.1. The van der Waals surface area contributed by atoms with Gasteiger partial charge in [0.2, 0.25) is 0 Å². The third-order valence-electron chi connectivity index (χ3n) is 3.15. The summed E-state index contributed by atoms with van der Waals surface area (Å²) in [6.07, 6.45) is 2.26. The number of hydroxylamine groups is 1. The summed E-state index contributed by atoms with van der Waals surface area (Å²) in [7, 11) is 0. The van der Waals surface area contributed by atoms with Crippen LogP contribution in [0.25, 0.3) is 0 Å². The van der Waals surface area contributed by atoms with E-state index in [4.69, 9.17) is 4.84 Å². The maximum Gasteiger partial charge on any atom is 0.0813 e. The number of nitrogens with zero attached hydrogens (tertiary/aromatic N) is 1. The Labute approximate surface area is 110 Å². The lowest BCUT2D eigenvalue weighted by Crippen LogP contribution is -2.44. The molecule has 3 heteroatoms. The molecule has 1 aliphatic heterocycles. The van der Waals surface area contributed by atoms with Crippen LogP contribution in [-0.2, 0) is 4.84 Å². The van der Waals surface area contributed by atoms with Crippen molar-refractivity contribution in [2.75, 3.05) is 18.0 Å². The number of piperidine rings is 1. The van der Waals surface area contributed by atoms with Crippen LogP contribution in [0.3, 0.4) is 0 Å². The molecule has 0 aromatic heterocycles. The van der Waals surface area contributed by atoms with Crippen molar-refractivity contribution in [2.45, 2.75) is 45.3 Å². The Morgan fingerprint density at radius 3 is 2.28 bits per heavy atom. The Kier molecular flexibility index (Phi) is 4.25. The summed E-state index contributed by atoms with van der Waals surface area (Å²) >= 11 is 0. The first kappa shape index (κ1) is 13.4. The topological polar surface area (TPSA) is 24.5 Å². The third-order valence-corrected chi connectivity index (χ3v) is 3.15.